The number of carbonyl (C=O) groups is 2. The van der Waals surface area contributed by atoms with Gasteiger partial charge in [-0.1, -0.05) is 60.1 Å². The second-order valence-electron chi connectivity index (χ2n) is 8.56. The highest BCUT2D eigenvalue weighted by atomic mass is 35.5. The van der Waals surface area contributed by atoms with Gasteiger partial charge in [0.25, 0.3) is 11.8 Å². The van der Waals surface area contributed by atoms with E-state index in [2.05, 4.69) is 0 Å². The van der Waals surface area contributed by atoms with Crippen molar-refractivity contribution in [2.45, 2.75) is 12.0 Å². The summed E-state index contributed by atoms with van der Waals surface area (Å²) in [4.78, 5) is 44.7. The molecule has 0 N–H and O–H groups in total. The molecule has 1 spiro atoms. The molecule has 0 aliphatic carbocycles. The van der Waals surface area contributed by atoms with Crippen LogP contribution in [0.5, 0.6) is 0 Å². The van der Waals surface area contributed by atoms with Gasteiger partial charge in [-0.15, -0.1) is 0 Å². The zero-order valence-electron chi connectivity index (χ0n) is 18.2. The molecule has 0 bridgehead atoms. The smallest absolute Gasteiger partial charge is 0.291 e. The highest BCUT2D eigenvalue weighted by molar-refractivity contribution is 6.31. The average Bonchev–Trinajstić information content (AvgIpc) is 3.23. The van der Waals surface area contributed by atoms with E-state index in [0.717, 1.165) is 5.56 Å². The molecule has 2 amide bonds. The van der Waals surface area contributed by atoms with Crippen molar-refractivity contribution in [3.8, 4) is 0 Å². The third kappa shape index (κ3) is 2.60. The maximum absolute atomic E-state index is 14.0. The van der Waals surface area contributed by atoms with Crippen molar-refractivity contribution in [1.29, 1.82) is 0 Å². The van der Waals surface area contributed by atoms with E-state index in [9.17, 15) is 14.4 Å². The lowest BCUT2D eigenvalue weighted by Gasteiger charge is -2.34. The SMILES string of the molecule is CN1C(=O)C2(c3ccccc31)c1c(oc3ccc(Cl)cc3c1=O)C(=O)N2CCc1ccccc1. The highest BCUT2D eigenvalue weighted by Gasteiger charge is 2.64. The van der Waals surface area contributed by atoms with Crippen LogP contribution in [0.4, 0.5) is 5.69 Å². The summed E-state index contributed by atoms with van der Waals surface area (Å²) in [6, 6.07) is 21.7. The van der Waals surface area contributed by atoms with E-state index in [4.69, 9.17) is 16.0 Å². The number of anilines is 1. The number of hydrogen-bond donors (Lipinski definition) is 0. The van der Waals surface area contributed by atoms with Crippen molar-refractivity contribution in [1.82, 2.24) is 4.90 Å². The number of carbonyl (C=O) groups excluding carboxylic acids is 2. The normalized spacial score (nSPS) is 18.8. The number of rotatable bonds is 3. The van der Waals surface area contributed by atoms with Gasteiger partial charge in [-0.2, -0.15) is 0 Å². The number of benzene rings is 3. The molecule has 0 radical (unpaired) electrons. The van der Waals surface area contributed by atoms with Crippen LogP contribution in [0.15, 0.2) is 82.0 Å². The molecule has 1 atom stereocenters. The van der Waals surface area contributed by atoms with Crippen LogP contribution >= 0.6 is 11.6 Å². The maximum Gasteiger partial charge on any atom is 0.291 e. The van der Waals surface area contributed by atoms with Crippen LogP contribution in [0, 0.1) is 0 Å². The van der Waals surface area contributed by atoms with Crippen molar-refractivity contribution >= 4 is 40.1 Å². The molecule has 0 saturated carbocycles. The standard InChI is InChI=1S/C27H19ClN2O4/c1-29-20-10-6-5-9-19(20)27(26(29)33)22-23(31)18-15-17(28)11-12-21(18)34-24(22)25(32)30(27)14-13-16-7-3-2-4-8-16/h2-12,15H,13-14H2,1H3. The van der Waals surface area contributed by atoms with E-state index in [1.54, 1.807) is 25.2 Å². The van der Waals surface area contributed by atoms with Gasteiger partial charge < -0.3 is 14.2 Å². The number of likely N-dealkylation sites (N-methyl/N-ethyl adjacent to an activating group) is 1. The lowest BCUT2D eigenvalue weighted by Crippen LogP contribution is -2.53. The minimum atomic E-state index is -1.59. The molecular formula is C27H19ClN2O4. The van der Waals surface area contributed by atoms with E-state index in [-0.39, 0.29) is 34.7 Å². The van der Waals surface area contributed by atoms with Gasteiger partial charge >= 0.3 is 0 Å². The predicted molar refractivity (Wildman–Crippen MR) is 129 cm³/mol. The van der Waals surface area contributed by atoms with Gasteiger partial charge in [-0.3, -0.25) is 14.4 Å². The minimum Gasteiger partial charge on any atom is -0.450 e. The van der Waals surface area contributed by atoms with Crippen LogP contribution in [-0.2, 0) is 16.8 Å². The molecule has 1 aromatic heterocycles. The lowest BCUT2D eigenvalue weighted by molar-refractivity contribution is -0.125. The Kier molecular flexibility index (Phi) is 4.44. The third-order valence-corrected chi connectivity index (χ3v) is 7.03. The summed E-state index contributed by atoms with van der Waals surface area (Å²) >= 11 is 6.17. The lowest BCUT2D eigenvalue weighted by atomic mass is 9.84. The molecule has 3 aromatic carbocycles. The minimum absolute atomic E-state index is 0.0575. The van der Waals surface area contributed by atoms with Gasteiger partial charge in [0.15, 0.2) is 11.0 Å². The molecular weight excluding hydrogens is 452 g/mol. The largest absolute Gasteiger partial charge is 0.450 e. The first kappa shape index (κ1) is 20.7. The van der Waals surface area contributed by atoms with Crippen LogP contribution in [-0.4, -0.2) is 30.3 Å². The van der Waals surface area contributed by atoms with Crippen LogP contribution in [0.3, 0.4) is 0 Å². The van der Waals surface area contributed by atoms with Crippen molar-refractivity contribution < 1.29 is 14.0 Å². The molecule has 6 nitrogen and oxygen atoms in total. The summed E-state index contributed by atoms with van der Waals surface area (Å²) in [7, 11) is 1.66. The third-order valence-electron chi connectivity index (χ3n) is 6.79. The summed E-state index contributed by atoms with van der Waals surface area (Å²) in [6.45, 7) is 0.234. The first-order valence-corrected chi connectivity index (χ1v) is 11.3. The number of fused-ring (bicyclic) bond motifs is 5. The van der Waals surface area contributed by atoms with Gasteiger partial charge in [-0.05, 0) is 36.2 Å². The topological polar surface area (TPSA) is 70.8 Å². The first-order chi connectivity index (χ1) is 16.4. The Balaban J connectivity index is 1.65. The van der Waals surface area contributed by atoms with E-state index >= 15 is 0 Å². The molecule has 6 rings (SSSR count). The van der Waals surface area contributed by atoms with Crippen molar-refractivity contribution in [2.75, 3.05) is 18.5 Å². The van der Waals surface area contributed by atoms with Gasteiger partial charge in [-0.25, -0.2) is 0 Å². The molecule has 4 aromatic rings. The second-order valence-corrected chi connectivity index (χ2v) is 9.00. The number of halogens is 1. The molecule has 34 heavy (non-hydrogen) atoms. The van der Waals surface area contributed by atoms with Crippen LogP contribution < -0.4 is 10.3 Å². The monoisotopic (exact) mass is 470 g/mol. The molecule has 2 aliphatic heterocycles. The van der Waals surface area contributed by atoms with Crippen LogP contribution in [0.1, 0.15) is 27.2 Å². The number of nitrogens with zero attached hydrogens (tertiary/aromatic N) is 2. The Hall–Kier alpha value is -3.90. The predicted octanol–water partition coefficient (Wildman–Crippen LogP) is 4.36. The van der Waals surface area contributed by atoms with Crippen molar-refractivity contribution in [2.24, 2.45) is 0 Å². The van der Waals surface area contributed by atoms with E-state index in [1.807, 2.05) is 48.5 Å². The van der Waals surface area contributed by atoms with E-state index in [0.29, 0.717) is 22.7 Å². The molecule has 0 fully saturated rings. The quantitative estimate of drug-likeness (QED) is 0.446. The van der Waals surface area contributed by atoms with Crippen molar-refractivity contribution in [3.63, 3.8) is 0 Å². The Bertz CT molecular complexity index is 1560. The first-order valence-electron chi connectivity index (χ1n) is 10.9. The van der Waals surface area contributed by atoms with E-state index in [1.165, 1.54) is 15.9 Å². The summed E-state index contributed by atoms with van der Waals surface area (Å²) in [5.74, 6) is -0.924. The van der Waals surface area contributed by atoms with Gasteiger partial charge in [0.05, 0.1) is 10.9 Å². The Morgan fingerprint density at radius 2 is 1.68 bits per heavy atom. The summed E-state index contributed by atoms with van der Waals surface area (Å²) in [6.07, 6.45) is 0.515. The van der Waals surface area contributed by atoms with Gasteiger partial charge in [0, 0.05) is 29.9 Å². The molecule has 7 heteroatoms. The van der Waals surface area contributed by atoms with Crippen LogP contribution in [0.2, 0.25) is 5.02 Å². The molecule has 1 unspecified atom stereocenters. The fraction of sp³-hybridized carbons (Fsp3) is 0.148. The van der Waals surface area contributed by atoms with Gasteiger partial charge in [0.2, 0.25) is 5.76 Å². The average molecular weight is 471 g/mol. The number of para-hydroxylation sites is 1. The molecule has 3 heterocycles. The fourth-order valence-electron chi connectivity index (χ4n) is 5.25. The molecule has 2 aliphatic rings. The summed E-state index contributed by atoms with van der Waals surface area (Å²) < 4.78 is 6.00. The summed E-state index contributed by atoms with van der Waals surface area (Å²) in [5, 5.41) is 0.609. The fourth-order valence-corrected chi connectivity index (χ4v) is 5.43. The van der Waals surface area contributed by atoms with Gasteiger partial charge in [0.1, 0.15) is 5.58 Å². The summed E-state index contributed by atoms with van der Waals surface area (Å²) in [5.41, 5.74) is 0.567. The van der Waals surface area contributed by atoms with Crippen LogP contribution in [0.25, 0.3) is 11.0 Å². The number of hydrogen-bond acceptors (Lipinski definition) is 4. The van der Waals surface area contributed by atoms with E-state index < -0.39 is 16.9 Å². The molecule has 0 saturated heterocycles. The zero-order chi connectivity index (χ0) is 23.6. The number of amides is 2. The Labute approximate surface area is 200 Å². The highest BCUT2D eigenvalue weighted by Crippen LogP contribution is 2.52. The molecule has 168 valence electrons. The second kappa shape index (κ2) is 7.30. The zero-order valence-corrected chi connectivity index (χ0v) is 19.0. The maximum atomic E-state index is 14.0. The Morgan fingerprint density at radius 3 is 2.47 bits per heavy atom. The Morgan fingerprint density at radius 1 is 0.941 bits per heavy atom. The van der Waals surface area contributed by atoms with Crippen molar-refractivity contribution in [3.05, 3.63) is 110 Å².